The molecule has 4 nitrogen and oxygen atoms in total. The number of rotatable bonds is 40. The van der Waals surface area contributed by atoms with E-state index in [-0.39, 0.29) is 12.5 Å². The Hall–Kier alpha value is -0.870. The van der Waals surface area contributed by atoms with Crippen LogP contribution in [-0.2, 0) is 4.79 Å². The highest BCUT2D eigenvalue weighted by Gasteiger charge is 2.17. The molecule has 1 amide bonds. The van der Waals surface area contributed by atoms with Gasteiger partial charge in [-0.25, -0.2) is 0 Å². The zero-order chi connectivity index (χ0) is 35.0. The second-order valence-corrected chi connectivity index (χ2v) is 15.1. The van der Waals surface area contributed by atoms with Crippen molar-refractivity contribution in [2.24, 2.45) is 0 Å². The Morgan fingerprint density at radius 1 is 0.479 bits per heavy atom. The summed E-state index contributed by atoms with van der Waals surface area (Å²) in [5.74, 6) is -0.0594. The van der Waals surface area contributed by atoms with Gasteiger partial charge in [-0.2, -0.15) is 0 Å². The maximum absolute atomic E-state index is 12.4. The summed E-state index contributed by atoms with van der Waals surface area (Å²) in [6, 6.07) is -0.616. The van der Waals surface area contributed by atoms with Gasteiger partial charge >= 0.3 is 0 Å². The lowest BCUT2D eigenvalue weighted by Crippen LogP contribution is -2.45. The van der Waals surface area contributed by atoms with E-state index in [4.69, 9.17) is 0 Å². The highest BCUT2D eigenvalue weighted by Crippen LogP contribution is 2.16. The average Bonchev–Trinajstić information content (AvgIpc) is 3.09. The van der Waals surface area contributed by atoms with Crippen molar-refractivity contribution in [3.05, 3.63) is 12.2 Å². The van der Waals surface area contributed by atoms with Crippen molar-refractivity contribution >= 4 is 5.91 Å². The van der Waals surface area contributed by atoms with Crippen LogP contribution in [0.15, 0.2) is 12.2 Å². The van der Waals surface area contributed by atoms with Gasteiger partial charge < -0.3 is 15.5 Å². The molecule has 0 radical (unpaired) electrons. The van der Waals surface area contributed by atoms with E-state index in [0.717, 1.165) is 25.7 Å². The summed E-state index contributed by atoms with van der Waals surface area (Å²) in [7, 11) is 0. The zero-order valence-corrected chi connectivity index (χ0v) is 32.8. The zero-order valence-electron chi connectivity index (χ0n) is 32.8. The number of carbonyl (C=O) groups is 1. The molecule has 0 aromatic heterocycles. The minimum absolute atomic E-state index is 0.0594. The number of aliphatic hydroxyl groups is 2. The van der Waals surface area contributed by atoms with E-state index in [1.54, 1.807) is 6.08 Å². The number of hydrogen-bond donors (Lipinski definition) is 3. The lowest BCUT2D eigenvalue weighted by Gasteiger charge is -2.20. The van der Waals surface area contributed by atoms with Crippen LogP contribution in [0.25, 0.3) is 0 Å². The van der Waals surface area contributed by atoms with E-state index < -0.39 is 12.1 Å². The molecular weight excluding hydrogens is 590 g/mol. The topological polar surface area (TPSA) is 69.6 Å². The molecule has 0 aromatic rings. The molecule has 0 heterocycles. The molecule has 0 rings (SSSR count). The first-order chi connectivity index (χ1) is 23.7. The van der Waals surface area contributed by atoms with Crippen molar-refractivity contribution in [3.8, 4) is 0 Å². The van der Waals surface area contributed by atoms with Gasteiger partial charge in [0.05, 0.1) is 18.8 Å². The summed E-state index contributed by atoms with van der Waals surface area (Å²) in [5.41, 5.74) is 0. The molecule has 48 heavy (non-hydrogen) atoms. The molecule has 2 atom stereocenters. The van der Waals surface area contributed by atoms with E-state index >= 15 is 0 Å². The summed E-state index contributed by atoms with van der Waals surface area (Å²) < 4.78 is 0. The maximum atomic E-state index is 12.4. The fourth-order valence-electron chi connectivity index (χ4n) is 6.89. The Balaban J connectivity index is 3.53. The van der Waals surface area contributed by atoms with Crippen LogP contribution in [0.4, 0.5) is 0 Å². The Morgan fingerprint density at radius 2 is 0.771 bits per heavy atom. The minimum atomic E-state index is -0.833. The highest BCUT2D eigenvalue weighted by molar-refractivity contribution is 5.76. The van der Waals surface area contributed by atoms with E-state index in [2.05, 4.69) is 19.2 Å². The Bertz CT molecular complexity index is 651. The predicted molar refractivity (Wildman–Crippen MR) is 212 cm³/mol. The smallest absolute Gasteiger partial charge is 0.220 e. The molecular formula is C44H87NO3. The SMILES string of the molecule is CCCCCCCCCCCCCCCCC/C=C/[C@@H](O)[C@H](CO)NC(=O)CCCCCCCCCCCCCCCCCCCCC. The number of unbranched alkanes of at least 4 members (excludes halogenated alkanes) is 33. The van der Waals surface area contributed by atoms with E-state index in [1.807, 2.05) is 6.08 Å². The first-order valence-corrected chi connectivity index (χ1v) is 21.9. The number of hydrogen-bond acceptors (Lipinski definition) is 3. The second kappa shape index (κ2) is 40.6. The molecule has 286 valence electrons. The summed E-state index contributed by atoms with van der Waals surface area (Å²) in [4.78, 5) is 12.4. The fraction of sp³-hybridized carbons (Fsp3) is 0.932. The molecule has 0 saturated carbocycles. The van der Waals surface area contributed by atoms with Crippen LogP contribution in [0, 0.1) is 0 Å². The average molecular weight is 678 g/mol. The largest absolute Gasteiger partial charge is 0.394 e. The molecule has 4 heteroatoms. The van der Waals surface area contributed by atoms with Crippen LogP contribution in [0.2, 0.25) is 0 Å². The first-order valence-electron chi connectivity index (χ1n) is 21.9. The molecule has 0 aliphatic rings. The molecule has 0 spiro atoms. The molecule has 3 N–H and O–H groups in total. The molecule has 0 bridgehead atoms. The van der Waals surface area contributed by atoms with Crippen LogP contribution in [-0.4, -0.2) is 34.9 Å². The van der Waals surface area contributed by atoms with Gasteiger partial charge in [0.25, 0.3) is 0 Å². The summed E-state index contributed by atoms with van der Waals surface area (Å²) in [6.07, 6.45) is 50.3. The van der Waals surface area contributed by atoms with Crippen molar-refractivity contribution in [2.75, 3.05) is 6.61 Å². The van der Waals surface area contributed by atoms with Crippen LogP contribution < -0.4 is 5.32 Å². The van der Waals surface area contributed by atoms with Gasteiger partial charge in [-0.05, 0) is 19.3 Å². The van der Waals surface area contributed by atoms with E-state index in [1.165, 1.54) is 199 Å². The molecule has 0 aliphatic heterocycles. The molecule has 0 saturated heterocycles. The third-order valence-corrected chi connectivity index (χ3v) is 10.3. The van der Waals surface area contributed by atoms with Gasteiger partial charge in [0, 0.05) is 6.42 Å². The summed E-state index contributed by atoms with van der Waals surface area (Å²) >= 11 is 0. The van der Waals surface area contributed by atoms with Gasteiger partial charge in [-0.3, -0.25) is 4.79 Å². The normalized spacial score (nSPS) is 13.0. The molecule has 0 aromatic carbocycles. The van der Waals surface area contributed by atoms with Gasteiger partial charge in [0.15, 0.2) is 0 Å². The van der Waals surface area contributed by atoms with Crippen molar-refractivity contribution in [3.63, 3.8) is 0 Å². The van der Waals surface area contributed by atoms with Crippen LogP contribution in [0.1, 0.15) is 245 Å². The molecule has 0 fully saturated rings. The Labute approximate surface area is 301 Å². The summed E-state index contributed by atoms with van der Waals surface area (Å²) in [6.45, 7) is 4.33. The van der Waals surface area contributed by atoms with Crippen molar-refractivity contribution in [2.45, 2.75) is 257 Å². The van der Waals surface area contributed by atoms with Crippen LogP contribution in [0.5, 0.6) is 0 Å². The highest BCUT2D eigenvalue weighted by atomic mass is 16.3. The third-order valence-electron chi connectivity index (χ3n) is 10.3. The van der Waals surface area contributed by atoms with Crippen molar-refractivity contribution in [1.82, 2.24) is 5.32 Å². The monoisotopic (exact) mass is 678 g/mol. The number of allylic oxidation sites excluding steroid dienone is 1. The quantitative estimate of drug-likeness (QED) is 0.0446. The first kappa shape index (κ1) is 47.1. The molecule has 0 unspecified atom stereocenters. The number of aliphatic hydroxyl groups excluding tert-OH is 2. The lowest BCUT2D eigenvalue weighted by atomic mass is 10.0. The van der Waals surface area contributed by atoms with Crippen LogP contribution in [0.3, 0.4) is 0 Å². The second-order valence-electron chi connectivity index (χ2n) is 15.1. The van der Waals surface area contributed by atoms with Crippen LogP contribution >= 0.6 is 0 Å². The van der Waals surface area contributed by atoms with E-state index in [9.17, 15) is 15.0 Å². The third kappa shape index (κ3) is 36.4. The number of carbonyl (C=O) groups excluding carboxylic acids is 1. The van der Waals surface area contributed by atoms with Crippen molar-refractivity contribution < 1.29 is 15.0 Å². The molecule has 0 aliphatic carbocycles. The standard InChI is InChI=1S/C44H87NO3/c1-3-5-7-9-11-13-15-17-19-21-22-24-26-28-30-32-34-36-38-40-44(48)45-42(41-46)43(47)39-37-35-33-31-29-27-25-23-20-18-16-14-12-10-8-6-4-2/h37,39,42-43,46-47H,3-36,38,40-41H2,1-2H3,(H,45,48)/b39-37+/t42-,43+/m0/s1. The number of amides is 1. The van der Waals surface area contributed by atoms with Gasteiger partial charge in [0.2, 0.25) is 5.91 Å². The Morgan fingerprint density at radius 3 is 1.08 bits per heavy atom. The fourth-order valence-corrected chi connectivity index (χ4v) is 6.89. The predicted octanol–water partition coefficient (Wildman–Crippen LogP) is 13.5. The lowest BCUT2D eigenvalue weighted by molar-refractivity contribution is -0.123. The number of nitrogens with one attached hydrogen (secondary N) is 1. The summed E-state index contributed by atoms with van der Waals surface area (Å²) in [5, 5.41) is 23.0. The Kier molecular flexibility index (Phi) is 39.8. The van der Waals surface area contributed by atoms with Gasteiger partial charge in [-0.1, -0.05) is 231 Å². The van der Waals surface area contributed by atoms with Gasteiger partial charge in [-0.15, -0.1) is 0 Å². The van der Waals surface area contributed by atoms with Gasteiger partial charge in [0.1, 0.15) is 0 Å². The maximum Gasteiger partial charge on any atom is 0.220 e. The minimum Gasteiger partial charge on any atom is -0.394 e. The van der Waals surface area contributed by atoms with E-state index in [0.29, 0.717) is 6.42 Å². The van der Waals surface area contributed by atoms with Crippen molar-refractivity contribution in [1.29, 1.82) is 0 Å².